The Morgan fingerprint density at radius 3 is 2.52 bits per heavy atom. The molecule has 0 radical (unpaired) electrons. The molecule has 0 spiro atoms. The summed E-state index contributed by atoms with van der Waals surface area (Å²) in [4.78, 5) is 14.2. The van der Waals surface area contributed by atoms with Gasteiger partial charge in [0.25, 0.3) is 5.91 Å². The zero-order valence-electron chi connectivity index (χ0n) is 14.2. The van der Waals surface area contributed by atoms with E-state index in [2.05, 4.69) is 5.10 Å². The highest BCUT2D eigenvalue weighted by Gasteiger charge is 2.41. The Balaban J connectivity index is 2.02. The third-order valence-electron chi connectivity index (χ3n) is 4.49. The zero-order valence-corrected chi connectivity index (χ0v) is 14.2. The number of aryl methyl sites for hydroxylation is 1. The predicted molar refractivity (Wildman–Crippen MR) is 87.6 cm³/mol. The molecular formula is C18H20F3N3O. The van der Waals surface area contributed by atoms with Gasteiger partial charge in [0.1, 0.15) is 0 Å². The molecule has 7 heteroatoms. The lowest BCUT2D eigenvalue weighted by Gasteiger charge is -2.31. The van der Waals surface area contributed by atoms with Gasteiger partial charge in [-0.1, -0.05) is 24.6 Å². The van der Waals surface area contributed by atoms with Crippen molar-refractivity contribution in [2.75, 3.05) is 13.1 Å². The molecule has 1 aromatic carbocycles. The van der Waals surface area contributed by atoms with Crippen LogP contribution in [-0.2, 0) is 6.18 Å². The number of halogens is 3. The number of aromatic nitrogens is 2. The van der Waals surface area contributed by atoms with Crippen LogP contribution in [0.4, 0.5) is 13.2 Å². The number of likely N-dealkylation sites (tertiary alicyclic amines) is 1. The number of nitrogens with zero attached hydrogens (tertiary/aromatic N) is 3. The summed E-state index contributed by atoms with van der Waals surface area (Å²) in [5, 5.41) is 3.87. The second-order valence-electron chi connectivity index (χ2n) is 6.65. The van der Waals surface area contributed by atoms with Gasteiger partial charge < -0.3 is 4.90 Å². The Morgan fingerprint density at radius 1 is 1.24 bits per heavy atom. The first-order chi connectivity index (χ1) is 11.8. The van der Waals surface area contributed by atoms with Gasteiger partial charge in [0, 0.05) is 13.1 Å². The quantitative estimate of drug-likeness (QED) is 0.818. The Labute approximate surface area is 144 Å². The zero-order chi connectivity index (χ0) is 18.2. The van der Waals surface area contributed by atoms with Gasteiger partial charge in [-0.25, -0.2) is 4.68 Å². The van der Waals surface area contributed by atoms with Crippen molar-refractivity contribution in [1.29, 1.82) is 0 Å². The highest BCUT2D eigenvalue weighted by Crippen LogP contribution is 2.34. The van der Waals surface area contributed by atoms with Crippen LogP contribution in [0.5, 0.6) is 0 Å². The van der Waals surface area contributed by atoms with Gasteiger partial charge >= 0.3 is 6.18 Å². The van der Waals surface area contributed by atoms with E-state index in [0.29, 0.717) is 19.0 Å². The van der Waals surface area contributed by atoms with Crippen molar-refractivity contribution >= 4 is 5.91 Å². The Morgan fingerprint density at radius 2 is 1.92 bits per heavy atom. The first-order valence-electron chi connectivity index (χ1n) is 8.29. The van der Waals surface area contributed by atoms with E-state index in [1.807, 2.05) is 13.8 Å². The topological polar surface area (TPSA) is 38.1 Å². The molecule has 0 bridgehead atoms. The van der Waals surface area contributed by atoms with Crippen LogP contribution in [0.3, 0.4) is 0 Å². The number of amides is 1. The third kappa shape index (κ3) is 3.55. The maximum Gasteiger partial charge on any atom is 0.434 e. The standard InChI is InChI=1S/C18H20F3N3O/c1-12-5-7-14(8-6-12)24-16(18(19,20)21)15(10-22-24)17(25)23-9-3-4-13(2)11-23/h5-8,10,13H,3-4,9,11H2,1-2H3. The van der Waals surface area contributed by atoms with Crippen molar-refractivity contribution in [3.63, 3.8) is 0 Å². The summed E-state index contributed by atoms with van der Waals surface area (Å²) in [5.41, 5.74) is -0.186. The second kappa shape index (κ2) is 6.54. The molecule has 1 atom stereocenters. The first kappa shape index (κ1) is 17.5. The van der Waals surface area contributed by atoms with Gasteiger partial charge in [-0.2, -0.15) is 18.3 Å². The molecule has 4 nitrogen and oxygen atoms in total. The molecule has 134 valence electrons. The van der Waals surface area contributed by atoms with Crippen LogP contribution in [-0.4, -0.2) is 33.7 Å². The number of alkyl halides is 3. The maximum absolute atomic E-state index is 13.7. The van der Waals surface area contributed by atoms with E-state index in [9.17, 15) is 18.0 Å². The van der Waals surface area contributed by atoms with Crippen molar-refractivity contribution < 1.29 is 18.0 Å². The van der Waals surface area contributed by atoms with Gasteiger partial charge in [0.2, 0.25) is 0 Å². The van der Waals surface area contributed by atoms with E-state index >= 15 is 0 Å². The molecule has 2 aromatic rings. The van der Waals surface area contributed by atoms with E-state index in [4.69, 9.17) is 0 Å². The summed E-state index contributed by atoms with van der Waals surface area (Å²) in [5.74, 6) is -0.309. The molecule has 1 aliphatic rings. The molecule has 1 aliphatic heterocycles. The molecule has 2 heterocycles. The maximum atomic E-state index is 13.7. The summed E-state index contributed by atoms with van der Waals surface area (Å²) in [6.07, 6.45) is -1.85. The highest BCUT2D eigenvalue weighted by atomic mass is 19.4. The minimum Gasteiger partial charge on any atom is -0.338 e. The fourth-order valence-corrected chi connectivity index (χ4v) is 3.20. The van der Waals surface area contributed by atoms with Crippen LogP contribution in [0.15, 0.2) is 30.5 Å². The van der Waals surface area contributed by atoms with Gasteiger partial charge in [0.15, 0.2) is 5.69 Å². The number of hydrogen-bond donors (Lipinski definition) is 0. The van der Waals surface area contributed by atoms with Crippen molar-refractivity contribution in [2.24, 2.45) is 5.92 Å². The van der Waals surface area contributed by atoms with Crippen molar-refractivity contribution in [3.05, 3.63) is 47.3 Å². The van der Waals surface area contributed by atoms with Crippen LogP contribution in [0.25, 0.3) is 5.69 Å². The van der Waals surface area contributed by atoms with Crippen LogP contribution in [0.1, 0.15) is 41.4 Å². The lowest BCUT2D eigenvalue weighted by atomic mass is 9.99. The van der Waals surface area contributed by atoms with Crippen LogP contribution < -0.4 is 0 Å². The molecule has 1 saturated heterocycles. The number of carbonyl (C=O) groups is 1. The summed E-state index contributed by atoms with van der Waals surface area (Å²) < 4.78 is 41.8. The molecule has 0 saturated carbocycles. The van der Waals surface area contributed by atoms with Gasteiger partial charge in [-0.3, -0.25) is 4.79 Å². The van der Waals surface area contributed by atoms with Crippen LogP contribution in [0, 0.1) is 12.8 Å². The SMILES string of the molecule is Cc1ccc(-n2ncc(C(=O)N3CCCC(C)C3)c2C(F)(F)F)cc1. The summed E-state index contributed by atoms with van der Waals surface area (Å²) in [6.45, 7) is 4.81. The first-order valence-corrected chi connectivity index (χ1v) is 8.29. The average Bonchev–Trinajstić information content (AvgIpc) is 3.00. The van der Waals surface area contributed by atoms with Crippen LogP contribution in [0.2, 0.25) is 0 Å². The molecule has 0 aliphatic carbocycles. The molecule has 25 heavy (non-hydrogen) atoms. The predicted octanol–water partition coefficient (Wildman–Crippen LogP) is 4.07. The number of hydrogen-bond acceptors (Lipinski definition) is 2. The molecule has 1 aromatic heterocycles. The lowest BCUT2D eigenvalue weighted by molar-refractivity contribution is -0.143. The Hall–Kier alpha value is -2.31. The summed E-state index contributed by atoms with van der Waals surface area (Å²) in [7, 11) is 0. The normalized spacial score (nSPS) is 18.4. The summed E-state index contributed by atoms with van der Waals surface area (Å²) >= 11 is 0. The number of carbonyl (C=O) groups excluding carboxylic acids is 1. The number of benzene rings is 1. The van der Waals surface area contributed by atoms with Crippen molar-refractivity contribution in [1.82, 2.24) is 14.7 Å². The van der Waals surface area contributed by atoms with Crippen molar-refractivity contribution in [2.45, 2.75) is 32.9 Å². The van der Waals surface area contributed by atoms with Crippen LogP contribution >= 0.6 is 0 Å². The number of piperidine rings is 1. The van der Waals surface area contributed by atoms with E-state index in [1.54, 1.807) is 24.3 Å². The molecule has 0 N–H and O–H groups in total. The molecule has 1 unspecified atom stereocenters. The number of rotatable bonds is 2. The van der Waals surface area contributed by atoms with E-state index < -0.39 is 17.8 Å². The average molecular weight is 351 g/mol. The molecule has 1 fully saturated rings. The largest absolute Gasteiger partial charge is 0.434 e. The van der Waals surface area contributed by atoms with E-state index in [1.165, 1.54) is 4.90 Å². The third-order valence-corrected chi connectivity index (χ3v) is 4.49. The Kier molecular flexibility index (Phi) is 4.58. The summed E-state index contributed by atoms with van der Waals surface area (Å²) in [6, 6.07) is 6.56. The molecule has 3 rings (SSSR count). The Bertz CT molecular complexity index is 765. The van der Waals surface area contributed by atoms with E-state index in [0.717, 1.165) is 29.3 Å². The fourth-order valence-electron chi connectivity index (χ4n) is 3.20. The monoisotopic (exact) mass is 351 g/mol. The van der Waals surface area contributed by atoms with Gasteiger partial charge in [-0.05, 0) is 37.8 Å². The van der Waals surface area contributed by atoms with Gasteiger partial charge in [-0.15, -0.1) is 0 Å². The molecule has 1 amide bonds. The highest BCUT2D eigenvalue weighted by molar-refractivity contribution is 5.95. The van der Waals surface area contributed by atoms with Gasteiger partial charge in [0.05, 0.1) is 17.4 Å². The lowest BCUT2D eigenvalue weighted by Crippen LogP contribution is -2.39. The molecular weight excluding hydrogens is 331 g/mol. The minimum atomic E-state index is -4.67. The minimum absolute atomic E-state index is 0.281. The smallest absolute Gasteiger partial charge is 0.338 e. The fraction of sp³-hybridized carbons (Fsp3) is 0.444. The van der Waals surface area contributed by atoms with Crippen molar-refractivity contribution in [3.8, 4) is 5.69 Å². The van der Waals surface area contributed by atoms with E-state index in [-0.39, 0.29) is 11.3 Å². The second-order valence-corrected chi connectivity index (χ2v) is 6.65.